The van der Waals surface area contributed by atoms with Crippen molar-refractivity contribution in [3.63, 3.8) is 0 Å². The summed E-state index contributed by atoms with van der Waals surface area (Å²) in [7, 11) is 0. The number of hydrogen-bond acceptors (Lipinski definition) is 5. The number of nitrogens with zero attached hydrogens (tertiary/aromatic N) is 4. The van der Waals surface area contributed by atoms with Crippen LogP contribution in [0.5, 0.6) is 0 Å². The average molecular weight is 429 g/mol. The second kappa shape index (κ2) is 8.97. The molecule has 1 amide bonds. The highest BCUT2D eigenvalue weighted by Gasteiger charge is 2.30. The number of rotatable bonds is 5. The van der Waals surface area contributed by atoms with Crippen LogP contribution in [0.25, 0.3) is 0 Å². The molecule has 5 nitrogen and oxygen atoms in total. The van der Waals surface area contributed by atoms with Crippen molar-refractivity contribution < 1.29 is 13.6 Å². The van der Waals surface area contributed by atoms with Crippen molar-refractivity contribution in [3.8, 4) is 0 Å². The molecule has 0 spiro atoms. The fourth-order valence-corrected chi connectivity index (χ4v) is 4.55. The molecule has 1 saturated heterocycles. The summed E-state index contributed by atoms with van der Waals surface area (Å²) in [6, 6.07) is 12.7. The van der Waals surface area contributed by atoms with Crippen LogP contribution in [-0.4, -0.2) is 51.5 Å². The number of piperazine rings is 1. The van der Waals surface area contributed by atoms with E-state index in [9.17, 15) is 13.6 Å². The number of benzene rings is 2. The van der Waals surface area contributed by atoms with Crippen LogP contribution in [0.3, 0.4) is 0 Å². The maximum absolute atomic E-state index is 13.5. The molecular weight excluding hydrogens is 406 g/mol. The van der Waals surface area contributed by atoms with E-state index in [-0.39, 0.29) is 23.6 Å². The molecule has 0 saturated carbocycles. The number of aryl methyl sites for hydroxylation is 1. The third-order valence-electron chi connectivity index (χ3n) is 5.42. The number of carbonyl (C=O) groups excluding carboxylic acids is 1. The van der Waals surface area contributed by atoms with Crippen LogP contribution in [0.4, 0.5) is 8.78 Å². The minimum Gasteiger partial charge on any atom is -0.335 e. The second-order valence-corrected chi connectivity index (χ2v) is 7.99. The Balaban J connectivity index is 1.54. The lowest BCUT2D eigenvalue weighted by atomic mass is 9.96. The van der Waals surface area contributed by atoms with Gasteiger partial charge in [0.2, 0.25) is 0 Å². The highest BCUT2D eigenvalue weighted by molar-refractivity contribution is 7.08. The van der Waals surface area contributed by atoms with E-state index in [0.717, 1.165) is 28.4 Å². The van der Waals surface area contributed by atoms with E-state index in [1.807, 2.05) is 11.8 Å². The number of hydrogen-bond donors (Lipinski definition) is 0. The molecule has 0 unspecified atom stereocenters. The van der Waals surface area contributed by atoms with Crippen LogP contribution in [-0.2, 0) is 6.42 Å². The van der Waals surface area contributed by atoms with Crippen molar-refractivity contribution in [2.45, 2.75) is 19.4 Å². The van der Waals surface area contributed by atoms with Gasteiger partial charge in [0, 0.05) is 26.2 Å². The normalized spacial score (nSPS) is 15.0. The smallest absolute Gasteiger partial charge is 0.267 e. The molecule has 3 aromatic rings. The van der Waals surface area contributed by atoms with Crippen molar-refractivity contribution >= 4 is 17.4 Å². The SMILES string of the molecule is CCc1nnsc1C(=O)N1CCN(C(c2ccc(F)cc2)c2ccc(F)cc2)CC1. The average Bonchev–Trinajstić information content (AvgIpc) is 3.25. The zero-order valence-corrected chi connectivity index (χ0v) is 17.4. The summed E-state index contributed by atoms with van der Waals surface area (Å²) >= 11 is 1.14. The Hall–Kier alpha value is -2.71. The van der Waals surface area contributed by atoms with Gasteiger partial charge in [-0.3, -0.25) is 9.69 Å². The van der Waals surface area contributed by atoms with Crippen LogP contribution in [0.1, 0.15) is 39.5 Å². The van der Waals surface area contributed by atoms with E-state index in [4.69, 9.17) is 0 Å². The first-order valence-electron chi connectivity index (χ1n) is 9.92. The quantitative estimate of drug-likeness (QED) is 0.618. The van der Waals surface area contributed by atoms with Crippen molar-refractivity contribution in [2.75, 3.05) is 26.2 Å². The van der Waals surface area contributed by atoms with Gasteiger partial charge < -0.3 is 4.90 Å². The van der Waals surface area contributed by atoms with Gasteiger partial charge in [-0.2, -0.15) is 0 Å². The molecule has 30 heavy (non-hydrogen) atoms. The van der Waals surface area contributed by atoms with E-state index in [1.54, 1.807) is 24.3 Å². The topological polar surface area (TPSA) is 49.3 Å². The van der Waals surface area contributed by atoms with Crippen LogP contribution >= 0.6 is 11.5 Å². The van der Waals surface area contributed by atoms with Gasteiger partial charge in [0.1, 0.15) is 16.5 Å². The molecule has 0 bridgehead atoms. The highest BCUT2D eigenvalue weighted by atomic mass is 32.1. The van der Waals surface area contributed by atoms with E-state index >= 15 is 0 Å². The van der Waals surface area contributed by atoms with Gasteiger partial charge in [0.05, 0.1) is 11.7 Å². The molecule has 0 atom stereocenters. The zero-order chi connectivity index (χ0) is 21.1. The molecule has 2 heterocycles. The standard InChI is InChI=1S/C22H22F2N4OS/c1-2-19-21(30-26-25-19)22(29)28-13-11-27(12-14-28)20(15-3-7-17(23)8-4-15)16-5-9-18(24)10-6-16/h3-10,20H,2,11-14H2,1H3. The summed E-state index contributed by atoms with van der Waals surface area (Å²) in [6.07, 6.45) is 0.675. The van der Waals surface area contributed by atoms with E-state index in [0.29, 0.717) is 37.5 Å². The fraction of sp³-hybridized carbons (Fsp3) is 0.318. The molecule has 156 valence electrons. The number of aromatic nitrogens is 2. The second-order valence-electron chi connectivity index (χ2n) is 7.24. The molecule has 0 radical (unpaired) electrons. The van der Waals surface area contributed by atoms with Gasteiger partial charge in [-0.05, 0) is 53.3 Å². The van der Waals surface area contributed by atoms with Gasteiger partial charge >= 0.3 is 0 Å². The predicted molar refractivity (Wildman–Crippen MR) is 111 cm³/mol. The number of amides is 1. The first kappa shape index (κ1) is 20.6. The van der Waals surface area contributed by atoms with Crippen LogP contribution < -0.4 is 0 Å². The molecule has 1 fully saturated rings. The van der Waals surface area contributed by atoms with Gasteiger partial charge in [0.15, 0.2) is 0 Å². The highest BCUT2D eigenvalue weighted by Crippen LogP contribution is 2.30. The molecule has 4 rings (SSSR count). The van der Waals surface area contributed by atoms with Crippen molar-refractivity contribution in [3.05, 3.63) is 81.9 Å². The predicted octanol–water partition coefficient (Wildman–Crippen LogP) is 3.93. The lowest BCUT2D eigenvalue weighted by molar-refractivity contribution is 0.0600. The first-order valence-corrected chi connectivity index (χ1v) is 10.7. The van der Waals surface area contributed by atoms with Crippen molar-refractivity contribution in [2.24, 2.45) is 0 Å². The van der Waals surface area contributed by atoms with E-state index in [1.165, 1.54) is 24.3 Å². The van der Waals surface area contributed by atoms with Crippen molar-refractivity contribution in [1.29, 1.82) is 0 Å². The Morgan fingerprint density at radius 1 is 0.967 bits per heavy atom. The Bertz CT molecular complexity index is 953. The Morgan fingerprint density at radius 2 is 1.50 bits per heavy atom. The van der Waals surface area contributed by atoms with Gasteiger partial charge in [-0.1, -0.05) is 35.7 Å². The van der Waals surface area contributed by atoms with Crippen LogP contribution in [0.15, 0.2) is 48.5 Å². The summed E-state index contributed by atoms with van der Waals surface area (Å²) < 4.78 is 30.9. The van der Waals surface area contributed by atoms with Gasteiger partial charge in [-0.15, -0.1) is 5.10 Å². The fourth-order valence-electron chi connectivity index (χ4n) is 3.83. The molecule has 0 N–H and O–H groups in total. The van der Waals surface area contributed by atoms with Gasteiger partial charge in [-0.25, -0.2) is 8.78 Å². The maximum atomic E-state index is 13.5. The lowest BCUT2D eigenvalue weighted by Crippen LogP contribution is -2.49. The molecule has 1 aromatic heterocycles. The number of halogens is 2. The minimum atomic E-state index is -0.295. The third-order valence-corrected chi connectivity index (χ3v) is 6.18. The molecule has 1 aliphatic heterocycles. The third kappa shape index (κ3) is 4.24. The monoisotopic (exact) mass is 428 g/mol. The molecule has 0 aliphatic carbocycles. The first-order chi connectivity index (χ1) is 14.6. The van der Waals surface area contributed by atoms with Crippen LogP contribution in [0, 0.1) is 11.6 Å². The van der Waals surface area contributed by atoms with Crippen LogP contribution in [0.2, 0.25) is 0 Å². The van der Waals surface area contributed by atoms with E-state index < -0.39 is 0 Å². The Labute approximate surface area is 178 Å². The molecule has 1 aliphatic rings. The number of carbonyl (C=O) groups is 1. The summed E-state index contributed by atoms with van der Waals surface area (Å²) in [5.74, 6) is -0.615. The molecular formula is C22H22F2N4OS. The lowest BCUT2D eigenvalue weighted by Gasteiger charge is -2.39. The minimum absolute atomic E-state index is 0.0263. The van der Waals surface area contributed by atoms with Gasteiger partial charge in [0.25, 0.3) is 5.91 Å². The Morgan fingerprint density at radius 3 is 2.00 bits per heavy atom. The summed E-state index contributed by atoms with van der Waals surface area (Å²) in [5, 5.41) is 4.04. The van der Waals surface area contributed by atoms with E-state index in [2.05, 4.69) is 14.5 Å². The Kier molecular flexibility index (Phi) is 6.15. The summed E-state index contributed by atoms with van der Waals surface area (Å²) in [5.41, 5.74) is 2.60. The summed E-state index contributed by atoms with van der Waals surface area (Å²) in [6.45, 7) is 4.40. The maximum Gasteiger partial charge on any atom is 0.267 e. The van der Waals surface area contributed by atoms with Crippen molar-refractivity contribution in [1.82, 2.24) is 19.4 Å². The zero-order valence-electron chi connectivity index (χ0n) is 16.6. The summed E-state index contributed by atoms with van der Waals surface area (Å²) in [4.78, 5) is 17.6. The molecule has 8 heteroatoms. The molecule has 2 aromatic carbocycles. The largest absolute Gasteiger partial charge is 0.335 e.